The molecular formula is C14H17NO. The Morgan fingerprint density at radius 1 is 1.12 bits per heavy atom. The molecule has 1 aromatic rings. The van der Waals surface area contributed by atoms with Crippen LogP contribution in [0.25, 0.3) is 0 Å². The first kappa shape index (κ1) is 9.88. The van der Waals surface area contributed by atoms with Gasteiger partial charge in [0.1, 0.15) is 0 Å². The van der Waals surface area contributed by atoms with E-state index < -0.39 is 0 Å². The molecule has 2 aliphatic rings. The maximum Gasteiger partial charge on any atom is 0.227 e. The van der Waals surface area contributed by atoms with E-state index in [-0.39, 0.29) is 5.54 Å². The Bertz CT molecular complexity index is 417. The number of hydrogen-bond acceptors (Lipinski definition) is 1. The summed E-state index contributed by atoms with van der Waals surface area (Å²) in [6.45, 7) is 2.08. The quantitative estimate of drug-likeness (QED) is 0.705. The molecule has 2 fully saturated rings. The molecule has 1 heterocycles. The molecule has 0 unspecified atom stereocenters. The fourth-order valence-corrected chi connectivity index (χ4v) is 2.79. The molecule has 1 aromatic carbocycles. The lowest BCUT2D eigenvalue weighted by Crippen LogP contribution is -2.45. The predicted molar refractivity (Wildman–Crippen MR) is 64.5 cm³/mol. The molecule has 1 amide bonds. The SMILES string of the molecule is Cc1ccc(N2C(=O)CCCC23CC3)cc1. The van der Waals surface area contributed by atoms with Gasteiger partial charge in [-0.2, -0.15) is 0 Å². The van der Waals surface area contributed by atoms with Crippen molar-refractivity contribution in [3.8, 4) is 0 Å². The summed E-state index contributed by atoms with van der Waals surface area (Å²) in [6, 6.07) is 8.35. The van der Waals surface area contributed by atoms with E-state index in [0.717, 1.165) is 18.5 Å². The second-order valence-corrected chi connectivity index (χ2v) is 5.14. The number of nitrogens with zero attached hydrogens (tertiary/aromatic N) is 1. The molecule has 0 bridgehead atoms. The fraction of sp³-hybridized carbons (Fsp3) is 0.500. The molecule has 0 radical (unpaired) electrons. The van der Waals surface area contributed by atoms with Crippen LogP contribution in [0.1, 0.15) is 37.7 Å². The molecule has 1 saturated carbocycles. The van der Waals surface area contributed by atoms with E-state index in [1.54, 1.807) is 0 Å². The second kappa shape index (κ2) is 3.34. The number of piperidine rings is 1. The number of rotatable bonds is 1. The first-order valence-corrected chi connectivity index (χ1v) is 6.11. The summed E-state index contributed by atoms with van der Waals surface area (Å²) < 4.78 is 0. The van der Waals surface area contributed by atoms with Gasteiger partial charge in [-0.15, -0.1) is 0 Å². The van der Waals surface area contributed by atoms with Gasteiger partial charge in [0.25, 0.3) is 0 Å². The van der Waals surface area contributed by atoms with Crippen LogP contribution < -0.4 is 4.90 Å². The maximum absolute atomic E-state index is 12.1. The highest BCUT2D eigenvalue weighted by Crippen LogP contribution is 2.50. The van der Waals surface area contributed by atoms with Crippen LogP contribution in [0.2, 0.25) is 0 Å². The summed E-state index contributed by atoms with van der Waals surface area (Å²) in [5.41, 5.74) is 2.54. The van der Waals surface area contributed by atoms with Gasteiger partial charge in [0.15, 0.2) is 0 Å². The zero-order chi connectivity index (χ0) is 11.2. The average molecular weight is 215 g/mol. The predicted octanol–water partition coefficient (Wildman–Crippen LogP) is 3.04. The summed E-state index contributed by atoms with van der Waals surface area (Å²) in [5.74, 6) is 0.313. The van der Waals surface area contributed by atoms with Crippen molar-refractivity contribution in [2.24, 2.45) is 0 Å². The third kappa shape index (κ3) is 1.44. The lowest BCUT2D eigenvalue weighted by atomic mass is 9.98. The molecule has 1 spiro atoms. The number of carbonyl (C=O) groups is 1. The van der Waals surface area contributed by atoms with Gasteiger partial charge in [0.2, 0.25) is 5.91 Å². The van der Waals surface area contributed by atoms with Crippen LogP contribution >= 0.6 is 0 Å². The average Bonchev–Trinajstić information content (AvgIpc) is 3.01. The topological polar surface area (TPSA) is 20.3 Å². The molecule has 0 aromatic heterocycles. The minimum atomic E-state index is 0.199. The summed E-state index contributed by atoms with van der Waals surface area (Å²) in [7, 11) is 0. The van der Waals surface area contributed by atoms with E-state index in [2.05, 4.69) is 36.1 Å². The minimum absolute atomic E-state index is 0.199. The van der Waals surface area contributed by atoms with Crippen molar-refractivity contribution in [1.82, 2.24) is 0 Å². The Hall–Kier alpha value is -1.31. The fourth-order valence-electron chi connectivity index (χ4n) is 2.79. The zero-order valence-corrected chi connectivity index (χ0v) is 9.70. The van der Waals surface area contributed by atoms with Crippen LogP contribution in [0.5, 0.6) is 0 Å². The van der Waals surface area contributed by atoms with E-state index in [4.69, 9.17) is 0 Å². The van der Waals surface area contributed by atoms with Gasteiger partial charge in [0.05, 0.1) is 0 Å². The van der Waals surface area contributed by atoms with Crippen LogP contribution in [0.3, 0.4) is 0 Å². The highest BCUT2D eigenvalue weighted by Gasteiger charge is 2.52. The summed E-state index contributed by atoms with van der Waals surface area (Å²) >= 11 is 0. The summed E-state index contributed by atoms with van der Waals surface area (Å²) in [6.07, 6.45) is 5.35. The molecule has 0 atom stereocenters. The van der Waals surface area contributed by atoms with Crippen LogP contribution in [0.15, 0.2) is 24.3 Å². The van der Waals surface area contributed by atoms with E-state index in [0.29, 0.717) is 5.91 Å². The van der Waals surface area contributed by atoms with Crippen LogP contribution in [-0.4, -0.2) is 11.4 Å². The van der Waals surface area contributed by atoms with Crippen molar-refractivity contribution >= 4 is 11.6 Å². The molecule has 2 heteroatoms. The Morgan fingerprint density at radius 2 is 1.81 bits per heavy atom. The van der Waals surface area contributed by atoms with Crippen molar-refractivity contribution in [3.63, 3.8) is 0 Å². The molecular weight excluding hydrogens is 198 g/mol. The van der Waals surface area contributed by atoms with E-state index in [1.165, 1.54) is 24.8 Å². The van der Waals surface area contributed by atoms with Gasteiger partial charge in [-0.25, -0.2) is 0 Å². The van der Waals surface area contributed by atoms with Crippen molar-refractivity contribution in [2.75, 3.05) is 4.90 Å². The van der Waals surface area contributed by atoms with Gasteiger partial charge in [0, 0.05) is 17.6 Å². The Balaban J connectivity index is 1.97. The number of carbonyl (C=O) groups excluding carboxylic acids is 1. The Kier molecular flexibility index (Phi) is 2.06. The first-order valence-electron chi connectivity index (χ1n) is 6.11. The summed E-state index contributed by atoms with van der Waals surface area (Å²) in [4.78, 5) is 14.1. The summed E-state index contributed by atoms with van der Waals surface area (Å²) in [5, 5.41) is 0. The standard InChI is InChI=1S/C14H17NO/c1-11-4-6-12(7-5-11)15-13(16)3-2-8-14(15)9-10-14/h4-7H,2-3,8-10H2,1H3. The van der Waals surface area contributed by atoms with Gasteiger partial charge in [-0.05, 0) is 44.7 Å². The van der Waals surface area contributed by atoms with E-state index in [9.17, 15) is 4.79 Å². The largest absolute Gasteiger partial charge is 0.306 e. The number of anilines is 1. The molecule has 16 heavy (non-hydrogen) atoms. The molecule has 1 aliphatic heterocycles. The smallest absolute Gasteiger partial charge is 0.227 e. The number of benzene rings is 1. The Morgan fingerprint density at radius 3 is 2.44 bits per heavy atom. The van der Waals surface area contributed by atoms with Gasteiger partial charge in [-0.3, -0.25) is 4.79 Å². The Labute approximate surface area is 96.3 Å². The normalized spacial score (nSPS) is 22.6. The number of aryl methyl sites for hydroxylation is 1. The molecule has 1 aliphatic carbocycles. The highest BCUT2D eigenvalue weighted by atomic mass is 16.2. The zero-order valence-electron chi connectivity index (χ0n) is 9.70. The molecule has 3 rings (SSSR count). The van der Waals surface area contributed by atoms with Crippen LogP contribution in [-0.2, 0) is 4.79 Å². The van der Waals surface area contributed by atoms with Crippen molar-refractivity contribution in [3.05, 3.63) is 29.8 Å². The third-order valence-corrected chi connectivity index (χ3v) is 3.88. The monoisotopic (exact) mass is 215 g/mol. The molecule has 84 valence electrons. The van der Waals surface area contributed by atoms with Crippen molar-refractivity contribution in [2.45, 2.75) is 44.6 Å². The molecule has 2 nitrogen and oxygen atoms in total. The highest BCUT2D eigenvalue weighted by molar-refractivity contribution is 5.96. The first-order chi connectivity index (χ1) is 7.71. The van der Waals surface area contributed by atoms with Crippen LogP contribution in [0, 0.1) is 6.92 Å². The van der Waals surface area contributed by atoms with Crippen molar-refractivity contribution in [1.29, 1.82) is 0 Å². The third-order valence-electron chi connectivity index (χ3n) is 3.88. The van der Waals surface area contributed by atoms with Gasteiger partial charge < -0.3 is 4.90 Å². The van der Waals surface area contributed by atoms with Crippen molar-refractivity contribution < 1.29 is 4.79 Å². The number of amides is 1. The minimum Gasteiger partial charge on any atom is -0.306 e. The number of hydrogen-bond donors (Lipinski definition) is 0. The lowest BCUT2D eigenvalue weighted by molar-refractivity contribution is -0.120. The van der Waals surface area contributed by atoms with Gasteiger partial charge >= 0.3 is 0 Å². The molecule has 1 saturated heterocycles. The van der Waals surface area contributed by atoms with Crippen LogP contribution in [0.4, 0.5) is 5.69 Å². The molecule has 0 N–H and O–H groups in total. The van der Waals surface area contributed by atoms with E-state index in [1.807, 2.05) is 0 Å². The van der Waals surface area contributed by atoms with Gasteiger partial charge in [-0.1, -0.05) is 17.7 Å². The second-order valence-electron chi connectivity index (χ2n) is 5.14. The maximum atomic E-state index is 12.1. The van der Waals surface area contributed by atoms with E-state index >= 15 is 0 Å². The lowest BCUT2D eigenvalue weighted by Gasteiger charge is -2.36.